The number of thioether (sulfide) groups is 1. The maximum atomic E-state index is 8.06. The second-order valence-corrected chi connectivity index (χ2v) is 3.99. The van der Waals surface area contributed by atoms with Crippen LogP contribution in [0, 0.1) is 0 Å². The summed E-state index contributed by atoms with van der Waals surface area (Å²) in [7, 11) is 0. The Bertz CT molecular complexity index is 46.0. The van der Waals surface area contributed by atoms with E-state index in [4.69, 9.17) is 5.11 Å². The molecule has 1 aliphatic rings. The molecule has 62 valence electrons. The van der Waals surface area contributed by atoms with Gasteiger partial charge in [-0.3, -0.25) is 0 Å². The highest BCUT2D eigenvalue weighted by Gasteiger charge is 1.95. The molecule has 1 rings (SSSR count). The maximum absolute atomic E-state index is 8.06. The number of hydrogen-bond acceptors (Lipinski definition) is 2. The predicted molar refractivity (Wildman–Crippen MR) is 48.5 cm³/mol. The summed E-state index contributed by atoms with van der Waals surface area (Å²) in [5.74, 6) is 2.83. The molecule has 0 atom stereocenters. The highest BCUT2D eigenvalue weighted by Crippen LogP contribution is 2.14. The molecule has 0 unspecified atom stereocenters. The van der Waals surface area contributed by atoms with Crippen LogP contribution in [0.25, 0.3) is 0 Å². The predicted octanol–water partition coefficient (Wildman–Crippen LogP) is 2.29. The molecule has 0 bridgehead atoms. The van der Waals surface area contributed by atoms with E-state index in [1.54, 1.807) is 13.8 Å². The molecule has 1 nitrogen and oxygen atoms in total. The first-order chi connectivity index (χ1) is 4.73. The van der Waals surface area contributed by atoms with Gasteiger partial charge in [0.25, 0.3) is 0 Å². The van der Waals surface area contributed by atoms with Gasteiger partial charge in [-0.15, -0.1) is 0 Å². The highest BCUT2D eigenvalue weighted by atomic mass is 32.2. The quantitative estimate of drug-likeness (QED) is 0.590. The summed E-state index contributed by atoms with van der Waals surface area (Å²) in [4.78, 5) is 0. The molecule has 1 fully saturated rings. The van der Waals surface area contributed by atoms with Crippen molar-refractivity contribution in [1.29, 1.82) is 0 Å². The Morgan fingerprint density at radius 1 is 1.10 bits per heavy atom. The minimum absolute atomic E-state index is 0.167. The maximum Gasteiger partial charge on any atom is 0.0483 e. The first kappa shape index (κ1) is 10.3. The summed E-state index contributed by atoms with van der Waals surface area (Å²) in [5, 5.41) is 8.06. The molecule has 0 aromatic rings. The van der Waals surface area contributed by atoms with Crippen LogP contribution >= 0.6 is 11.8 Å². The molecule has 0 aromatic heterocycles. The zero-order valence-electron chi connectivity index (χ0n) is 6.97. The van der Waals surface area contributed by atoms with Crippen molar-refractivity contribution in [1.82, 2.24) is 0 Å². The molecule has 0 spiro atoms. The smallest absolute Gasteiger partial charge is 0.0483 e. The molecule has 1 N–H and O–H groups in total. The van der Waals surface area contributed by atoms with Crippen molar-refractivity contribution >= 4 is 11.8 Å². The van der Waals surface area contributed by atoms with Gasteiger partial charge >= 0.3 is 0 Å². The summed E-state index contributed by atoms with van der Waals surface area (Å²) in [5.41, 5.74) is 0. The van der Waals surface area contributed by atoms with Crippen LogP contribution in [0.5, 0.6) is 0 Å². The molecule has 0 aromatic carbocycles. The fraction of sp³-hybridized carbons (Fsp3) is 1.00. The van der Waals surface area contributed by atoms with E-state index in [0.29, 0.717) is 0 Å². The lowest BCUT2D eigenvalue weighted by Crippen LogP contribution is -1.91. The van der Waals surface area contributed by atoms with Crippen LogP contribution < -0.4 is 0 Å². The Kier molecular flexibility index (Phi) is 7.65. The summed E-state index contributed by atoms with van der Waals surface area (Å²) < 4.78 is 0. The van der Waals surface area contributed by atoms with Crippen molar-refractivity contribution < 1.29 is 5.11 Å². The third-order valence-corrected chi connectivity index (χ3v) is 2.23. The zero-order chi connectivity index (χ0) is 7.82. The molecule has 0 saturated carbocycles. The van der Waals surface area contributed by atoms with Crippen LogP contribution in [-0.4, -0.2) is 22.7 Å². The van der Waals surface area contributed by atoms with Crippen molar-refractivity contribution in [2.24, 2.45) is 0 Å². The first-order valence-corrected chi connectivity index (χ1v) is 5.14. The number of rotatable bonds is 0. The van der Waals surface area contributed by atoms with Crippen LogP contribution in [0.15, 0.2) is 0 Å². The third kappa shape index (κ3) is 11.2. The van der Waals surface area contributed by atoms with E-state index in [0.717, 1.165) is 0 Å². The van der Waals surface area contributed by atoms with E-state index in [9.17, 15) is 0 Å². The highest BCUT2D eigenvalue weighted by molar-refractivity contribution is 7.99. The van der Waals surface area contributed by atoms with Gasteiger partial charge in [-0.25, -0.2) is 0 Å². The fourth-order valence-corrected chi connectivity index (χ4v) is 1.71. The summed E-state index contributed by atoms with van der Waals surface area (Å²) in [6.45, 7) is 3.44. The molecule has 0 radical (unpaired) electrons. The Balaban J connectivity index is 0.000000180. The van der Waals surface area contributed by atoms with Gasteiger partial charge in [0.05, 0.1) is 0 Å². The van der Waals surface area contributed by atoms with Gasteiger partial charge in [-0.2, -0.15) is 11.8 Å². The van der Waals surface area contributed by atoms with E-state index in [1.165, 1.54) is 30.8 Å². The Labute approximate surface area is 68.2 Å². The first-order valence-electron chi connectivity index (χ1n) is 3.99. The van der Waals surface area contributed by atoms with E-state index in [1.807, 2.05) is 0 Å². The van der Waals surface area contributed by atoms with Crippen molar-refractivity contribution in [2.45, 2.75) is 39.2 Å². The van der Waals surface area contributed by atoms with Gasteiger partial charge in [0.1, 0.15) is 0 Å². The molecule has 0 aliphatic carbocycles. The molecular weight excluding hydrogens is 144 g/mol. The monoisotopic (exact) mass is 162 g/mol. The lowest BCUT2D eigenvalue weighted by molar-refractivity contribution is 0.216. The Morgan fingerprint density at radius 3 is 1.60 bits per heavy atom. The van der Waals surface area contributed by atoms with Gasteiger partial charge < -0.3 is 5.11 Å². The minimum atomic E-state index is -0.167. The van der Waals surface area contributed by atoms with Gasteiger partial charge in [-0.1, -0.05) is 6.42 Å². The number of aliphatic hydroxyl groups is 1. The van der Waals surface area contributed by atoms with Gasteiger partial charge in [-0.05, 0) is 38.2 Å². The Hall–Kier alpha value is 0.310. The normalized spacial score (nSPS) is 18.0. The standard InChI is InChI=1S/C5H10S.C3H8O/c1-2-4-6-5-3-1;1-3(2)4/h1-5H2;3-4H,1-2H3. The molecule has 1 saturated heterocycles. The van der Waals surface area contributed by atoms with E-state index in [2.05, 4.69) is 11.8 Å². The van der Waals surface area contributed by atoms with Crippen molar-refractivity contribution in [3.05, 3.63) is 0 Å². The Morgan fingerprint density at radius 2 is 1.50 bits per heavy atom. The largest absolute Gasteiger partial charge is 0.394 e. The SMILES string of the molecule is C1CCSCC1.CC(C)O. The summed E-state index contributed by atoms with van der Waals surface area (Å²) in [6.07, 6.45) is 4.24. The van der Waals surface area contributed by atoms with Crippen molar-refractivity contribution in [2.75, 3.05) is 11.5 Å². The lowest BCUT2D eigenvalue weighted by Gasteiger charge is -2.05. The average Bonchev–Trinajstić information content (AvgIpc) is 1.90. The van der Waals surface area contributed by atoms with Crippen LogP contribution in [-0.2, 0) is 0 Å². The molecule has 10 heavy (non-hydrogen) atoms. The van der Waals surface area contributed by atoms with Crippen molar-refractivity contribution in [3.63, 3.8) is 0 Å². The van der Waals surface area contributed by atoms with Gasteiger partial charge in [0.2, 0.25) is 0 Å². The van der Waals surface area contributed by atoms with Gasteiger partial charge in [0, 0.05) is 6.10 Å². The molecule has 1 aliphatic heterocycles. The summed E-state index contributed by atoms with van der Waals surface area (Å²) >= 11 is 2.09. The van der Waals surface area contributed by atoms with Crippen molar-refractivity contribution in [3.8, 4) is 0 Å². The van der Waals surface area contributed by atoms with E-state index in [-0.39, 0.29) is 6.10 Å². The van der Waals surface area contributed by atoms with Gasteiger partial charge in [0.15, 0.2) is 0 Å². The topological polar surface area (TPSA) is 20.2 Å². The third-order valence-electron chi connectivity index (χ3n) is 1.08. The lowest BCUT2D eigenvalue weighted by atomic mass is 10.3. The summed E-state index contributed by atoms with van der Waals surface area (Å²) in [6, 6.07) is 0. The molecule has 1 heterocycles. The fourth-order valence-electron chi connectivity index (χ4n) is 0.687. The average molecular weight is 162 g/mol. The van der Waals surface area contributed by atoms with Crippen LogP contribution in [0.3, 0.4) is 0 Å². The minimum Gasteiger partial charge on any atom is -0.394 e. The van der Waals surface area contributed by atoms with E-state index < -0.39 is 0 Å². The number of aliphatic hydroxyl groups excluding tert-OH is 1. The van der Waals surface area contributed by atoms with Crippen LogP contribution in [0.4, 0.5) is 0 Å². The van der Waals surface area contributed by atoms with E-state index >= 15 is 0 Å². The van der Waals surface area contributed by atoms with Crippen LogP contribution in [0.1, 0.15) is 33.1 Å². The molecular formula is C8H18OS. The molecule has 2 heteroatoms. The van der Waals surface area contributed by atoms with Crippen LogP contribution in [0.2, 0.25) is 0 Å². The number of hydrogen-bond donors (Lipinski definition) is 1. The molecule has 0 amide bonds. The zero-order valence-corrected chi connectivity index (χ0v) is 7.78. The second-order valence-electron chi connectivity index (χ2n) is 2.77. The second kappa shape index (κ2) is 7.42.